The average Bonchev–Trinajstić information content (AvgIpc) is 3.08. The summed E-state index contributed by atoms with van der Waals surface area (Å²) in [6.07, 6.45) is 4.20. The van der Waals surface area contributed by atoms with Crippen LogP contribution in [-0.4, -0.2) is 79.2 Å². The minimum absolute atomic E-state index is 0.115. The normalized spacial score (nSPS) is 28.2. The molecule has 6 nitrogen and oxygen atoms in total. The summed E-state index contributed by atoms with van der Waals surface area (Å²) >= 11 is 0. The Labute approximate surface area is 149 Å². The number of nitrogens with zero attached hydrogens (tertiary/aromatic N) is 4. The van der Waals surface area contributed by atoms with Crippen LogP contribution in [0.25, 0.3) is 0 Å². The molecule has 0 radical (unpaired) electrons. The van der Waals surface area contributed by atoms with Crippen molar-refractivity contribution in [1.29, 1.82) is 0 Å². The van der Waals surface area contributed by atoms with Crippen molar-refractivity contribution in [3.8, 4) is 0 Å². The number of rotatable bonds is 2. The van der Waals surface area contributed by atoms with Crippen molar-refractivity contribution >= 4 is 11.7 Å². The molecular formula is C19H28N4O2. The number of fused-ring (bicyclic) bond motifs is 1. The first kappa shape index (κ1) is 16.8. The highest BCUT2D eigenvalue weighted by molar-refractivity contribution is 5.94. The van der Waals surface area contributed by atoms with Gasteiger partial charge in [-0.2, -0.15) is 0 Å². The molecule has 0 bridgehead atoms. The van der Waals surface area contributed by atoms with Gasteiger partial charge in [-0.25, -0.2) is 4.98 Å². The number of likely N-dealkylation sites (tertiary alicyclic amines) is 1. The number of piperidine rings is 1. The Morgan fingerprint density at radius 2 is 2.00 bits per heavy atom. The number of hydrogen-bond donors (Lipinski definition) is 0. The largest absolute Gasteiger partial charge is 0.373 e. The van der Waals surface area contributed by atoms with Gasteiger partial charge >= 0.3 is 0 Å². The lowest BCUT2D eigenvalue weighted by Gasteiger charge is -2.33. The topological polar surface area (TPSA) is 48.9 Å². The van der Waals surface area contributed by atoms with Gasteiger partial charge in [0.1, 0.15) is 5.82 Å². The fraction of sp³-hybridized carbons (Fsp3) is 0.684. The van der Waals surface area contributed by atoms with E-state index in [0.717, 1.165) is 63.9 Å². The van der Waals surface area contributed by atoms with Gasteiger partial charge in [0, 0.05) is 38.9 Å². The first-order valence-corrected chi connectivity index (χ1v) is 9.44. The molecular weight excluding hydrogens is 316 g/mol. The molecule has 1 amide bonds. The minimum Gasteiger partial charge on any atom is -0.373 e. The molecule has 0 saturated carbocycles. The standard InChI is InChI=1S/C19H28N4O2/c1-14-5-7-22(8-6-14)19(24)15-3-4-18(20-11-15)23-12-16-17(13-23)25-10-9-21(16)2/h3-4,11,14,16-17H,5-10,12-13H2,1-2H3. The highest BCUT2D eigenvalue weighted by atomic mass is 16.5. The number of pyridine rings is 1. The molecule has 1 aromatic heterocycles. The zero-order valence-corrected chi connectivity index (χ0v) is 15.2. The molecule has 3 aliphatic heterocycles. The van der Waals surface area contributed by atoms with E-state index < -0.39 is 0 Å². The van der Waals surface area contributed by atoms with Gasteiger partial charge < -0.3 is 14.5 Å². The molecule has 2 unspecified atom stereocenters. The summed E-state index contributed by atoms with van der Waals surface area (Å²) in [6.45, 7) is 7.59. The second kappa shape index (κ2) is 6.92. The molecule has 6 heteroatoms. The van der Waals surface area contributed by atoms with Gasteiger partial charge in [0.05, 0.1) is 24.3 Å². The number of amides is 1. The molecule has 4 rings (SSSR count). The van der Waals surface area contributed by atoms with Crippen LogP contribution in [0.1, 0.15) is 30.1 Å². The zero-order chi connectivity index (χ0) is 17.4. The van der Waals surface area contributed by atoms with Crippen LogP contribution in [0.5, 0.6) is 0 Å². The van der Waals surface area contributed by atoms with Gasteiger partial charge in [-0.3, -0.25) is 9.69 Å². The number of morpholine rings is 1. The van der Waals surface area contributed by atoms with E-state index in [1.54, 1.807) is 6.20 Å². The van der Waals surface area contributed by atoms with Crippen molar-refractivity contribution in [2.24, 2.45) is 5.92 Å². The molecule has 136 valence electrons. The summed E-state index contributed by atoms with van der Waals surface area (Å²) in [5.41, 5.74) is 0.697. The van der Waals surface area contributed by atoms with Gasteiger partial charge in [0.15, 0.2) is 0 Å². The maximum atomic E-state index is 12.6. The lowest BCUT2D eigenvalue weighted by Crippen LogP contribution is -2.48. The predicted octanol–water partition coefficient (Wildman–Crippen LogP) is 1.47. The summed E-state index contributed by atoms with van der Waals surface area (Å²) in [4.78, 5) is 23.8. The Bertz CT molecular complexity index is 612. The summed E-state index contributed by atoms with van der Waals surface area (Å²) in [7, 11) is 2.17. The second-order valence-corrected chi connectivity index (χ2v) is 7.74. The molecule has 2 atom stereocenters. The van der Waals surface area contributed by atoms with Crippen LogP contribution in [0, 0.1) is 5.92 Å². The van der Waals surface area contributed by atoms with E-state index in [9.17, 15) is 4.79 Å². The lowest BCUT2D eigenvalue weighted by molar-refractivity contribution is -0.0362. The van der Waals surface area contributed by atoms with Crippen molar-refractivity contribution in [2.75, 3.05) is 51.3 Å². The average molecular weight is 344 g/mol. The Balaban J connectivity index is 1.41. The van der Waals surface area contributed by atoms with Crippen LogP contribution >= 0.6 is 0 Å². The number of carbonyl (C=O) groups excluding carboxylic acids is 1. The molecule has 0 aliphatic carbocycles. The number of likely N-dealkylation sites (N-methyl/N-ethyl adjacent to an activating group) is 1. The highest BCUT2D eigenvalue weighted by Crippen LogP contribution is 2.26. The number of carbonyl (C=O) groups is 1. The van der Waals surface area contributed by atoms with Crippen LogP contribution in [0.3, 0.4) is 0 Å². The number of anilines is 1. The third-order valence-corrected chi connectivity index (χ3v) is 5.97. The molecule has 0 N–H and O–H groups in total. The van der Waals surface area contributed by atoms with Crippen molar-refractivity contribution in [3.05, 3.63) is 23.9 Å². The van der Waals surface area contributed by atoms with Gasteiger partial charge in [-0.1, -0.05) is 6.92 Å². The van der Waals surface area contributed by atoms with Gasteiger partial charge in [-0.05, 0) is 37.9 Å². The minimum atomic E-state index is 0.115. The summed E-state index contributed by atoms with van der Waals surface area (Å²) < 4.78 is 5.90. The third-order valence-electron chi connectivity index (χ3n) is 5.97. The Hall–Kier alpha value is -1.66. The fourth-order valence-electron chi connectivity index (χ4n) is 4.14. The van der Waals surface area contributed by atoms with E-state index in [4.69, 9.17) is 4.74 Å². The number of ether oxygens (including phenoxy) is 1. The molecule has 25 heavy (non-hydrogen) atoms. The van der Waals surface area contributed by atoms with Gasteiger partial charge in [0.2, 0.25) is 0 Å². The quantitative estimate of drug-likeness (QED) is 0.813. The monoisotopic (exact) mass is 344 g/mol. The van der Waals surface area contributed by atoms with E-state index in [-0.39, 0.29) is 12.0 Å². The van der Waals surface area contributed by atoms with Crippen molar-refractivity contribution < 1.29 is 9.53 Å². The van der Waals surface area contributed by atoms with E-state index in [1.165, 1.54) is 0 Å². The second-order valence-electron chi connectivity index (χ2n) is 7.74. The molecule has 3 fully saturated rings. The van der Waals surface area contributed by atoms with Crippen molar-refractivity contribution in [3.63, 3.8) is 0 Å². The molecule has 3 aliphatic rings. The van der Waals surface area contributed by atoms with Crippen LogP contribution in [-0.2, 0) is 4.74 Å². The molecule has 0 aromatic carbocycles. The zero-order valence-electron chi connectivity index (χ0n) is 15.2. The molecule has 4 heterocycles. The number of hydrogen-bond acceptors (Lipinski definition) is 5. The molecule has 0 spiro atoms. The van der Waals surface area contributed by atoms with Crippen LogP contribution in [0.4, 0.5) is 5.82 Å². The van der Waals surface area contributed by atoms with Crippen LogP contribution in [0.15, 0.2) is 18.3 Å². The SMILES string of the molecule is CC1CCN(C(=O)c2ccc(N3CC4OCCN(C)C4C3)nc2)CC1. The first-order chi connectivity index (χ1) is 12.1. The Morgan fingerprint density at radius 3 is 2.68 bits per heavy atom. The highest BCUT2D eigenvalue weighted by Gasteiger charge is 2.39. The van der Waals surface area contributed by atoms with Gasteiger partial charge in [0.25, 0.3) is 5.91 Å². The van der Waals surface area contributed by atoms with E-state index in [0.29, 0.717) is 11.6 Å². The van der Waals surface area contributed by atoms with E-state index in [2.05, 4.69) is 28.8 Å². The van der Waals surface area contributed by atoms with Crippen molar-refractivity contribution in [2.45, 2.75) is 31.9 Å². The van der Waals surface area contributed by atoms with Crippen molar-refractivity contribution in [1.82, 2.24) is 14.8 Å². The fourth-order valence-corrected chi connectivity index (χ4v) is 4.14. The number of aromatic nitrogens is 1. The predicted molar refractivity (Wildman–Crippen MR) is 96.9 cm³/mol. The Kier molecular flexibility index (Phi) is 4.65. The van der Waals surface area contributed by atoms with Gasteiger partial charge in [-0.15, -0.1) is 0 Å². The first-order valence-electron chi connectivity index (χ1n) is 9.44. The maximum absolute atomic E-state index is 12.6. The molecule has 3 saturated heterocycles. The molecule has 1 aromatic rings. The third kappa shape index (κ3) is 3.37. The van der Waals surface area contributed by atoms with E-state index >= 15 is 0 Å². The summed E-state index contributed by atoms with van der Waals surface area (Å²) in [5.74, 6) is 1.78. The maximum Gasteiger partial charge on any atom is 0.255 e. The Morgan fingerprint density at radius 1 is 1.20 bits per heavy atom. The lowest BCUT2D eigenvalue weighted by atomic mass is 9.99. The van der Waals surface area contributed by atoms with Crippen LogP contribution < -0.4 is 4.90 Å². The smallest absolute Gasteiger partial charge is 0.255 e. The summed E-state index contributed by atoms with van der Waals surface area (Å²) in [6, 6.07) is 4.35. The summed E-state index contributed by atoms with van der Waals surface area (Å²) in [5, 5.41) is 0. The van der Waals surface area contributed by atoms with E-state index in [1.807, 2.05) is 17.0 Å². The van der Waals surface area contributed by atoms with Crippen LogP contribution in [0.2, 0.25) is 0 Å².